The summed E-state index contributed by atoms with van der Waals surface area (Å²) < 4.78 is 0. The van der Waals surface area contributed by atoms with E-state index in [0.29, 0.717) is 6.04 Å². The highest BCUT2D eigenvalue weighted by Gasteiger charge is 2.15. The zero-order valence-corrected chi connectivity index (χ0v) is 11.8. The summed E-state index contributed by atoms with van der Waals surface area (Å²) in [6.07, 6.45) is 3.47. The lowest BCUT2D eigenvalue weighted by atomic mass is 10.1. The van der Waals surface area contributed by atoms with Crippen molar-refractivity contribution in [2.75, 3.05) is 17.2 Å². The van der Waals surface area contributed by atoms with E-state index in [2.05, 4.69) is 25.7 Å². The Morgan fingerprint density at radius 3 is 2.65 bits per heavy atom. The molecule has 1 rings (SSSR count). The number of hydrogen-bond donors (Lipinski definition) is 1. The van der Waals surface area contributed by atoms with Gasteiger partial charge in [0.2, 0.25) is 0 Å². The first-order valence-electron chi connectivity index (χ1n) is 6.41. The highest BCUT2D eigenvalue weighted by atomic mass is 35.5. The molecule has 0 bridgehead atoms. The van der Waals surface area contributed by atoms with E-state index >= 15 is 0 Å². The number of benzene rings is 1. The van der Waals surface area contributed by atoms with Crippen LogP contribution in [0.4, 0.5) is 11.4 Å². The molecule has 0 aliphatic heterocycles. The van der Waals surface area contributed by atoms with Gasteiger partial charge in [0.05, 0.1) is 11.4 Å². The predicted octanol–water partition coefficient (Wildman–Crippen LogP) is 4.33. The Hall–Kier alpha value is -0.890. The summed E-state index contributed by atoms with van der Waals surface area (Å²) in [5.74, 6) is 0. The molecule has 2 N–H and O–H groups in total. The van der Waals surface area contributed by atoms with Gasteiger partial charge in [0.1, 0.15) is 0 Å². The molecule has 1 aromatic rings. The van der Waals surface area contributed by atoms with Crippen LogP contribution in [-0.2, 0) is 0 Å². The van der Waals surface area contributed by atoms with E-state index in [-0.39, 0.29) is 0 Å². The van der Waals surface area contributed by atoms with Gasteiger partial charge in [0.15, 0.2) is 0 Å². The minimum Gasteiger partial charge on any atom is -0.397 e. The van der Waals surface area contributed by atoms with Crippen molar-refractivity contribution < 1.29 is 0 Å². The predicted molar refractivity (Wildman–Crippen MR) is 77.9 cm³/mol. The fourth-order valence-electron chi connectivity index (χ4n) is 1.89. The van der Waals surface area contributed by atoms with Gasteiger partial charge in [-0.3, -0.25) is 0 Å². The van der Waals surface area contributed by atoms with Crippen molar-refractivity contribution in [3.05, 3.63) is 23.2 Å². The van der Waals surface area contributed by atoms with E-state index < -0.39 is 0 Å². The summed E-state index contributed by atoms with van der Waals surface area (Å²) >= 11 is 6.06. The molecule has 0 aliphatic carbocycles. The van der Waals surface area contributed by atoms with Gasteiger partial charge in [0, 0.05) is 17.6 Å². The van der Waals surface area contributed by atoms with Crippen molar-refractivity contribution in [1.82, 2.24) is 0 Å². The molecule has 0 heterocycles. The lowest BCUT2D eigenvalue weighted by Gasteiger charge is -2.32. The van der Waals surface area contributed by atoms with Crippen LogP contribution in [0.2, 0.25) is 5.02 Å². The van der Waals surface area contributed by atoms with Crippen molar-refractivity contribution in [2.24, 2.45) is 0 Å². The van der Waals surface area contributed by atoms with Gasteiger partial charge in [-0.25, -0.2) is 0 Å². The minimum atomic E-state index is 0.488. The van der Waals surface area contributed by atoms with E-state index in [1.54, 1.807) is 0 Å². The second-order valence-electron chi connectivity index (χ2n) is 4.51. The topological polar surface area (TPSA) is 29.3 Å². The molecule has 2 nitrogen and oxygen atoms in total. The van der Waals surface area contributed by atoms with Gasteiger partial charge >= 0.3 is 0 Å². The summed E-state index contributed by atoms with van der Waals surface area (Å²) in [5.41, 5.74) is 7.93. The Kier molecular flexibility index (Phi) is 5.63. The molecule has 3 heteroatoms. The molecule has 0 saturated carbocycles. The molecular weight excluding hydrogens is 232 g/mol. The summed E-state index contributed by atoms with van der Waals surface area (Å²) in [6.45, 7) is 7.67. The summed E-state index contributed by atoms with van der Waals surface area (Å²) in [5, 5.41) is 0.749. The Labute approximate surface area is 110 Å². The zero-order valence-electron chi connectivity index (χ0n) is 11.0. The number of halogens is 1. The molecular formula is C14H23ClN2. The van der Waals surface area contributed by atoms with Crippen LogP contribution < -0.4 is 10.6 Å². The summed E-state index contributed by atoms with van der Waals surface area (Å²) in [6, 6.07) is 6.19. The number of unbranched alkanes of at least 4 members (excludes halogenated alkanes) is 1. The van der Waals surface area contributed by atoms with Crippen molar-refractivity contribution in [3.63, 3.8) is 0 Å². The van der Waals surface area contributed by atoms with E-state index in [1.807, 2.05) is 18.2 Å². The Morgan fingerprint density at radius 2 is 2.06 bits per heavy atom. The van der Waals surface area contributed by atoms with Crippen LogP contribution in [0, 0.1) is 0 Å². The van der Waals surface area contributed by atoms with Crippen molar-refractivity contribution in [1.29, 1.82) is 0 Å². The maximum atomic E-state index is 6.06. The van der Waals surface area contributed by atoms with Crippen LogP contribution in [0.25, 0.3) is 0 Å². The third-order valence-electron chi connectivity index (χ3n) is 3.18. The number of nitrogen functional groups attached to an aromatic ring is 1. The van der Waals surface area contributed by atoms with Crippen molar-refractivity contribution in [2.45, 2.75) is 46.1 Å². The molecule has 96 valence electrons. The maximum Gasteiger partial charge on any atom is 0.0617 e. The van der Waals surface area contributed by atoms with Gasteiger partial charge in [-0.1, -0.05) is 31.9 Å². The maximum absolute atomic E-state index is 6.06. The molecule has 0 fully saturated rings. The highest BCUT2D eigenvalue weighted by molar-refractivity contribution is 6.31. The van der Waals surface area contributed by atoms with Crippen LogP contribution >= 0.6 is 11.6 Å². The minimum absolute atomic E-state index is 0.488. The van der Waals surface area contributed by atoms with Crippen LogP contribution in [0.1, 0.15) is 40.0 Å². The molecule has 17 heavy (non-hydrogen) atoms. The Morgan fingerprint density at radius 1 is 1.35 bits per heavy atom. The molecule has 0 saturated heterocycles. The van der Waals surface area contributed by atoms with Crippen LogP contribution in [0.3, 0.4) is 0 Å². The number of nitrogens with two attached hydrogens (primary N) is 1. The Bertz CT molecular complexity index is 352. The average molecular weight is 255 g/mol. The smallest absolute Gasteiger partial charge is 0.0617 e. The first kappa shape index (κ1) is 14.2. The quantitative estimate of drug-likeness (QED) is 0.766. The van der Waals surface area contributed by atoms with Gasteiger partial charge in [-0.2, -0.15) is 0 Å². The molecule has 0 amide bonds. The monoisotopic (exact) mass is 254 g/mol. The number of rotatable bonds is 6. The molecule has 1 aromatic carbocycles. The highest BCUT2D eigenvalue weighted by Crippen LogP contribution is 2.29. The first-order valence-corrected chi connectivity index (χ1v) is 6.79. The van der Waals surface area contributed by atoms with Gasteiger partial charge in [-0.15, -0.1) is 0 Å². The molecule has 1 atom stereocenters. The van der Waals surface area contributed by atoms with Crippen molar-refractivity contribution >= 4 is 23.0 Å². The Balaban J connectivity index is 2.98. The molecule has 0 aromatic heterocycles. The third kappa shape index (κ3) is 3.81. The number of nitrogens with zero attached hydrogens (tertiary/aromatic N) is 1. The standard InChI is InChI=1S/C14H23ClN2/c1-4-6-9-17(11(3)5-2)14-10-12(15)7-8-13(14)16/h7-8,10-11H,4-6,9,16H2,1-3H3. The van der Waals surface area contributed by atoms with E-state index in [9.17, 15) is 0 Å². The lowest BCUT2D eigenvalue weighted by Crippen LogP contribution is -2.34. The summed E-state index contributed by atoms with van der Waals surface area (Å²) in [7, 11) is 0. The molecule has 1 unspecified atom stereocenters. The van der Waals surface area contributed by atoms with Crippen LogP contribution in [0.15, 0.2) is 18.2 Å². The SMILES string of the molecule is CCCCN(c1cc(Cl)ccc1N)C(C)CC. The van der Waals surface area contributed by atoms with Gasteiger partial charge in [-0.05, 0) is 38.0 Å². The van der Waals surface area contributed by atoms with E-state index in [1.165, 1.54) is 12.8 Å². The number of anilines is 2. The average Bonchev–Trinajstić information content (AvgIpc) is 2.33. The molecule has 0 radical (unpaired) electrons. The number of hydrogen-bond acceptors (Lipinski definition) is 2. The first-order chi connectivity index (χ1) is 8.10. The van der Waals surface area contributed by atoms with Gasteiger partial charge in [0.25, 0.3) is 0 Å². The van der Waals surface area contributed by atoms with Crippen molar-refractivity contribution in [3.8, 4) is 0 Å². The normalized spacial score (nSPS) is 12.5. The zero-order chi connectivity index (χ0) is 12.8. The van der Waals surface area contributed by atoms with E-state index in [4.69, 9.17) is 17.3 Å². The molecule has 0 aliphatic rings. The van der Waals surface area contributed by atoms with E-state index in [0.717, 1.165) is 29.4 Å². The summed E-state index contributed by atoms with van der Waals surface area (Å²) in [4.78, 5) is 2.37. The second-order valence-corrected chi connectivity index (χ2v) is 4.94. The third-order valence-corrected chi connectivity index (χ3v) is 3.41. The fourth-order valence-corrected chi connectivity index (χ4v) is 2.06. The van der Waals surface area contributed by atoms with Crippen LogP contribution in [-0.4, -0.2) is 12.6 Å². The fraction of sp³-hybridized carbons (Fsp3) is 0.571. The molecule has 0 spiro atoms. The lowest BCUT2D eigenvalue weighted by molar-refractivity contribution is 0.596. The largest absolute Gasteiger partial charge is 0.397 e. The van der Waals surface area contributed by atoms with Crippen LogP contribution in [0.5, 0.6) is 0 Å². The van der Waals surface area contributed by atoms with Gasteiger partial charge < -0.3 is 10.6 Å². The second kappa shape index (κ2) is 6.75.